The molecule has 0 radical (unpaired) electrons. The normalized spacial score (nSPS) is 17.3. The zero-order valence-electron chi connectivity index (χ0n) is 13.3. The first-order valence-electron chi connectivity index (χ1n) is 8.09. The molecule has 0 amide bonds. The molecule has 2 aliphatic rings. The molecule has 0 bridgehead atoms. The predicted octanol–water partition coefficient (Wildman–Crippen LogP) is 4.93. The molecular weight excluding hydrogens is 360 g/mol. The Morgan fingerprint density at radius 2 is 1.45 bits per heavy atom. The predicted molar refractivity (Wildman–Crippen MR) is 95.8 cm³/mol. The van der Waals surface area contributed by atoms with Gasteiger partial charge in [0.2, 0.25) is 0 Å². The van der Waals surface area contributed by atoms with Crippen molar-refractivity contribution in [2.24, 2.45) is 0 Å². The standard InChI is InChI=1S/C13H9.C5H5.2CH3.H2Si.Zr/c1-3-7-12-10(5-1)9-11-6-2-4-8-13(11)12;1-2-4-5-3-1;;;;/h1-9H;1-3H,4H2;2*1H3;1H2;. The van der Waals surface area contributed by atoms with E-state index in [4.69, 9.17) is 0 Å². The molecule has 0 nitrogen and oxygen atoms in total. The molecule has 0 fully saturated rings. The molecule has 0 unspecified atom stereocenters. The van der Waals surface area contributed by atoms with Crippen molar-refractivity contribution >= 4 is 6.88 Å². The Labute approximate surface area is 135 Å². The molecule has 0 aliphatic heterocycles. The molecule has 2 heteroatoms. The van der Waals surface area contributed by atoms with Crippen LogP contribution in [-0.2, 0) is 17.4 Å². The van der Waals surface area contributed by atoms with E-state index < -0.39 is 17.4 Å². The van der Waals surface area contributed by atoms with Gasteiger partial charge in [-0.05, 0) is 0 Å². The van der Waals surface area contributed by atoms with Crippen LogP contribution >= 0.6 is 0 Å². The number of hydrogen-bond donors (Lipinski definition) is 0. The van der Waals surface area contributed by atoms with Gasteiger partial charge in [0.25, 0.3) is 0 Å². The van der Waals surface area contributed by atoms with E-state index in [1.165, 1.54) is 17.5 Å². The summed E-state index contributed by atoms with van der Waals surface area (Å²) in [5, 5.41) is 0. The van der Waals surface area contributed by atoms with Crippen molar-refractivity contribution in [2.75, 3.05) is 0 Å². The van der Waals surface area contributed by atoms with Crippen molar-refractivity contribution in [3.8, 4) is 11.1 Å². The number of fused-ring (bicyclic) bond motifs is 3. The monoisotopic (exact) mass is 380 g/mol. The van der Waals surface area contributed by atoms with Crippen LogP contribution in [0, 0.1) is 0 Å². The fourth-order valence-electron chi connectivity index (χ4n) is 4.39. The van der Waals surface area contributed by atoms with Crippen molar-refractivity contribution < 1.29 is 17.4 Å². The van der Waals surface area contributed by atoms with Crippen LogP contribution < -0.4 is 0 Å². The molecule has 0 saturated carbocycles. The molecule has 0 atom stereocenters. The average molecular weight is 382 g/mol. The van der Waals surface area contributed by atoms with Crippen LogP contribution in [0.25, 0.3) is 11.1 Å². The molecule has 0 aromatic heterocycles. The van der Waals surface area contributed by atoms with Gasteiger partial charge in [-0.25, -0.2) is 0 Å². The summed E-state index contributed by atoms with van der Waals surface area (Å²) in [6.07, 6.45) is 8.18. The summed E-state index contributed by atoms with van der Waals surface area (Å²) in [6, 6.07) is 18.2. The van der Waals surface area contributed by atoms with Crippen molar-refractivity contribution in [3.05, 3.63) is 81.2 Å². The first kappa shape index (κ1) is 14.6. The topological polar surface area (TPSA) is 0 Å². The number of benzene rings is 2. The molecule has 0 heterocycles. The molecule has 4 rings (SSSR count). The van der Waals surface area contributed by atoms with E-state index >= 15 is 0 Å². The van der Waals surface area contributed by atoms with Gasteiger partial charge in [-0.1, -0.05) is 0 Å². The third kappa shape index (κ3) is 1.97. The van der Waals surface area contributed by atoms with Crippen LogP contribution in [0.4, 0.5) is 0 Å². The van der Waals surface area contributed by atoms with Gasteiger partial charge in [0.1, 0.15) is 0 Å². The maximum atomic E-state index is 2.64. The van der Waals surface area contributed by atoms with E-state index in [9.17, 15) is 0 Å². The van der Waals surface area contributed by atoms with Crippen molar-refractivity contribution in [1.82, 2.24) is 0 Å². The third-order valence-corrected chi connectivity index (χ3v) is 22.9. The zero-order valence-corrected chi connectivity index (χ0v) is 17.2. The Hall–Kier alpha value is -0.980. The minimum absolute atomic E-state index is 0.623. The van der Waals surface area contributed by atoms with Crippen LogP contribution in [0.5, 0.6) is 0 Å². The van der Waals surface area contributed by atoms with Gasteiger partial charge >= 0.3 is 136 Å². The summed E-state index contributed by atoms with van der Waals surface area (Å²) < 4.78 is 7.65. The molecule has 0 saturated heterocycles. The fraction of sp³-hybridized carbons (Fsp3) is 0.200. The molecule has 0 spiro atoms. The summed E-state index contributed by atoms with van der Waals surface area (Å²) >= 11 is -3.04. The molecule has 2 aromatic rings. The quantitative estimate of drug-likeness (QED) is 0.647. The molecule has 2 aliphatic carbocycles. The van der Waals surface area contributed by atoms with Gasteiger partial charge in [0.05, 0.1) is 0 Å². The van der Waals surface area contributed by atoms with Gasteiger partial charge in [-0.15, -0.1) is 0 Å². The molecule has 22 heavy (non-hydrogen) atoms. The number of rotatable bonds is 2. The maximum absolute atomic E-state index is 3.04. The Kier molecular flexibility index (Phi) is 3.16. The van der Waals surface area contributed by atoms with Crippen molar-refractivity contribution in [3.63, 3.8) is 0 Å². The Morgan fingerprint density at radius 3 is 1.95 bits per heavy atom. The Bertz CT molecular complexity index is 850. The average Bonchev–Trinajstić information content (AvgIpc) is 3.14. The minimum atomic E-state index is -3.04. The van der Waals surface area contributed by atoms with E-state index in [0.717, 1.165) is 0 Å². The first-order valence-corrected chi connectivity index (χ1v) is 21.6. The number of allylic oxidation sites excluding steroid dienone is 4. The molecule has 110 valence electrons. The van der Waals surface area contributed by atoms with Crippen LogP contribution in [-0.4, -0.2) is 6.88 Å². The van der Waals surface area contributed by atoms with E-state index in [1.807, 2.05) is 0 Å². The van der Waals surface area contributed by atoms with Gasteiger partial charge < -0.3 is 0 Å². The second-order valence-electron chi connectivity index (χ2n) is 7.74. The summed E-state index contributed by atoms with van der Waals surface area (Å²) in [5.41, 5.74) is 6.07. The van der Waals surface area contributed by atoms with Crippen LogP contribution in [0.15, 0.2) is 70.0 Å². The summed E-state index contributed by atoms with van der Waals surface area (Å²) in [5.74, 6) is 0. The van der Waals surface area contributed by atoms with Crippen LogP contribution in [0.3, 0.4) is 0 Å². The van der Waals surface area contributed by atoms with Crippen LogP contribution in [0.1, 0.15) is 21.2 Å². The SMILES string of the molecule is [CH3][Zr]([CH3])(=[SiH2])([C]1=CC=CC1)[CH]1c2ccccc2-c2ccccc21. The summed E-state index contributed by atoms with van der Waals surface area (Å²) in [7, 11) is 0. The second kappa shape index (κ2) is 4.76. The van der Waals surface area contributed by atoms with Gasteiger partial charge in [-0.2, -0.15) is 0 Å². The van der Waals surface area contributed by atoms with E-state index in [2.05, 4.69) is 82.9 Å². The van der Waals surface area contributed by atoms with E-state index in [1.54, 1.807) is 14.4 Å². The van der Waals surface area contributed by atoms with Crippen molar-refractivity contribution in [1.29, 1.82) is 0 Å². The molecular formula is C20H22SiZr. The molecule has 0 N–H and O–H groups in total. The van der Waals surface area contributed by atoms with Gasteiger partial charge in [-0.3, -0.25) is 0 Å². The summed E-state index contributed by atoms with van der Waals surface area (Å²) in [6.45, 7) is 2.37. The Morgan fingerprint density at radius 1 is 0.909 bits per heavy atom. The van der Waals surface area contributed by atoms with E-state index in [0.29, 0.717) is 3.63 Å². The zero-order chi connectivity index (χ0) is 15.4. The first-order chi connectivity index (χ1) is 10.5. The van der Waals surface area contributed by atoms with Gasteiger partial charge in [0.15, 0.2) is 0 Å². The number of hydrogen-bond acceptors (Lipinski definition) is 0. The van der Waals surface area contributed by atoms with Gasteiger partial charge in [0, 0.05) is 0 Å². The Balaban J connectivity index is 2.02. The second-order valence-corrected chi connectivity index (χ2v) is 37.4. The fourth-order valence-corrected chi connectivity index (χ4v) is 19.1. The van der Waals surface area contributed by atoms with E-state index in [-0.39, 0.29) is 0 Å². The molecule has 2 aromatic carbocycles. The third-order valence-electron chi connectivity index (χ3n) is 5.59. The summed E-state index contributed by atoms with van der Waals surface area (Å²) in [4.78, 5) is 0. The van der Waals surface area contributed by atoms with Crippen molar-refractivity contribution in [2.45, 2.75) is 19.3 Å². The van der Waals surface area contributed by atoms with Crippen LogP contribution in [0.2, 0.25) is 9.26 Å².